The average Bonchev–Trinajstić information content (AvgIpc) is 2.68. The minimum Gasteiger partial charge on any atom is -0.380 e. The van der Waals surface area contributed by atoms with Crippen LogP contribution < -0.4 is 10.6 Å². The molecule has 0 spiro atoms. The van der Waals surface area contributed by atoms with Crippen LogP contribution in [-0.2, 0) is 6.54 Å². The lowest BCUT2D eigenvalue weighted by molar-refractivity contribution is 0.101. The molecule has 2 aromatic carbocycles. The predicted octanol–water partition coefficient (Wildman–Crippen LogP) is 4.80. The molecule has 1 aromatic heterocycles. The monoisotopic (exact) mass is 379 g/mol. The number of ketones is 1. The molecule has 6 heteroatoms. The molecule has 0 saturated heterocycles. The van der Waals surface area contributed by atoms with Gasteiger partial charge in [-0.25, -0.2) is 4.98 Å². The van der Waals surface area contributed by atoms with Gasteiger partial charge in [0.25, 0.3) is 5.91 Å². The van der Waals surface area contributed by atoms with Crippen LogP contribution >= 0.6 is 11.6 Å². The van der Waals surface area contributed by atoms with Crippen molar-refractivity contribution in [2.45, 2.75) is 13.5 Å². The molecule has 0 aliphatic rings. The smallest absolute Gasteiger partial charge is 0.274 e. The number of hydrogen-bond donors (Lipinski definition) is 2. The van der Waals surface area contributed by atoms with Crippen LogP contribution in [0, 0.1) is 0 Å². The van der Waals surface area contributed by atoms with E-state index in [4.69, 9.17) is 11.6 Å². The van der Waals surface area contributed by atoms with Gasteiger partial charge in [0.2, 0.25) is 0 Å². The molecule has 5 nitrogen and oxygen atoms in total. The van der Waals surface area contributed by atoms with Crippen molar-refractivity contribution < 1.29 is 9.59 Å². The van der Waals surface area contributed by atoms with Gasteiger partial charge in [0.1, 0.15) is 5.69 Å². The number of pyridine rings is 1. The van der Waals surface area contributed by atoms with E-state index in [1.165, 1.54) is 6.92 Å². The van der Waals surface area contributed by atoms with E-state index in [1.54, 1.807) is 42.6 Å². The highest BCUT2D eigenvalue weighted by atomic mass is 35.5. The molecule has 0 aliphatic heterocycles. The molecular weight excluding hydrogens is 362 g/mol. The van der Waals surface area contributed by atoms with Crippen molar-refractivity contribution in [3.63, 3.8) is 0 Å². The highest BCUT2D eigenvalue weighted by Crippen LogP contribution is 2.14. The van der Waals surface area contributed by atoms with E-state index >= 15 is 0 Å². The zero-order valence-electron chi connectivity index (χ0n) is 14.7. The van der Waals surface area contributed by atoms with Gasteiger partial charge in [0, 0.05) is 22.8 Å². The van der Waals surface area contributed by atoms with Crippen molar-refractivity contribution >= 4 is 34.7 Å². The Morgan fingerprint density at radius 3 is 2.19 bits per heavy atom. The van der Waals surface area contributed by atoms with Gasteiger partial charge in [0.05, 0.1) is 11.9 Å². The van der Waals surface area contributed by atoms with Crippen molar-refractivity contribution in [1.29, 1.82) is 0 Å². The van der Waals surface area contributed by atoms with Gasteiger partial charge in [-0.15, -0.1) is 0 Å². The Labute approximate surface area is 162 Å². The van der Waals surface area contributed by atoms with E-state index in [1.807, 2.05) is 24.3 Å². The fraction of sp³-hybridized carbons (Fsp3) is 0.0952. The van der Waals surface area contributed by atoms with E-state index in [0.29, 0.717) is 28.5 Å². The van der Waals surface area contributed by atoms with Gasteiger partial charge in [-0.05, 0) is 61.0 Å². The number of carbonyl (C=O) groups is 2. The summed E-state index contributed by atoms with van der Waals surface area (Å²) in [5.74, 6) is -0.328. The summed E-state index contributed by atoms with van der Waals surface area (Å²) in [6.07, 6.45) is 1.61. The second kappa shape index (κ2) is 8.47. The molecule has 136 valence electrons. The summed E-state index contributed by atoms with van der Waals surface area (Å²) in [4.78, 5) is 27.8. The lowest BCUT2D eigenvalue weighted by Crippen LogP contribution is -2.13. The molecule has 2 N–H and O–H groups in total. The molecule has 0 radical (unpaired) electrons. The van der Waals surface area contributed by atoms with Gasteiger partial charge in [-0.2, -0.15) is 0 Å². The molecule has 0 bridgehead atoms. The zero-order valence-corrected chi connectivity index (χ0v) is 15.5. The summed E-state index contributed by atoms with van der Waals surface area (Å²) >= 11 is 5.87. The molecule has 0 unspecified atom stereocenters. The van der Waals surface area contributed by atoms with Crippen LogP contribution in [0.5, 0.6) is 0 Å². The molecule has 0 atom stereocenters. The van der Waals surface area contributed by atoms with Gasteiger partial charge in [-0.1, -0.05) is 23.7 Å². The summed E-state index contributed by atoms with van der Waals surface area (Å²) in [7, 11) is 0. The van der Waals surface area contributed by atoms with E-state index in [0.717, 1.165) is 11.3 Å². The standard InChI is InChI=1S/C21H18ClN3O2/c1-14(26)16-4-8-18(9-5-16)25-21(27)20-11-10-19(13-24-20)23-12-15-2-6-17(22)7-3-15/h2-11,13,23H,12H2,1H3,(H,25,27). The fourth-order valence-electron chi connectivity index (χ4n) is 2.42. The Kier molecular flexibility index (Phi) is 5.84. The molecule has 3 rings (SSSR count). The number of rotatable bonds is 6. The topological polar surface area (TPSA) is 71.1 Å². The van der Waals surface area contributed by atoms with Crippen molar-refractivity contribution in [3.05, 3.63) is 88.7 Å². The summed E-state index contributed by atoms with van der Waals surface area (Å²) in [6.45, 7) is 2.13. The van der Waals surface area contributed by atoms with Crippen molar-refractivity contribution in [2.24, 2.45) is 0 Å². The fourth-order valence-corrected chi connectivity index (χ4v) is 2.55. The molecule has 0 fully saturated rings. The second-order valence-corrected chi connectivity index (χ2v) is 6.44. The number of aromatic nitrogens is 1. The van der Waals surface area contributed by atoms with Crippen molar-refractivity contribution in [1.82, 2.24) is 4.98 Å². The largest absolute Gasteiger partial charge is 0.380 e. The molecule has 0 aliphatic carbocycles. The first-order valence-electron chi connectivity index (χ1n) is 8.38. The first kappa shape index (κ1) is 18.6. The number of benzene rings is 2. The number of carbonyl (C=O) groups excluding carboxylic acids is 2. The first-order valence-corrected chi connectivity index (χ1v) is 8.76. The first-order chi connectivity index (χ1) is 13.0. The Bertz CT molecular complexity index is 937. The Morgan fingerprint density at radius 2 is 1.59 bits per heavy atom. The lowest BCUT2D eigenvalue weighted by Gasteiger charge is -2.08. The number of anilines is 2. The van der Waals surface area contributed by atoms with Crippen LogP contribution in [0.25, 0.3) is 0 Å². The van der Waals surface area contributed by atoms with Crippen LogP contribution in [-0.4, -0.2) is 16.7 Å². The van der Waals surface area contributed by atoms with Gasteiger partial charge < -0.3 is 10.6 Å². The zero-order chi connectivity index (χ0) is 19.2. The second-order valence-electron chi connectivity index (χ2n) is 6.00. The number of halogens is 1. The minimum absolute atomic E-state index is 0.0174. The Morgan fingerprint density at radius 1 is 0.926 bits per heavy atom. The average molecular weight is 380 g/mol. The highest BCUT2D eigenvalue weighted by molar-refractivity contribution is 6.30. The Hall–Kier alpha value is -3.18. The predicted molar refractivity (Wildman–Crippen MR) is 107 cm³/mol. The van der Waals surface area contributed by atoms with Crippen LogP contribution in [0.15, 0.2) is 66.9 Å². The number of amides is 1. The van der Waals surface area contributed by atoms with Crippen LogP contribution in [0.1, 0.15) is 33.3 Å². The maximum atomic E-state index is 12.3. The number of nitrogens with zero attached hydrogens (tertiary/aromatic N) is 1. The molecular formula is C21H18ClN3O2. The molecule has 27 heavy (non-hydrogen) atoms. The number of Topliss-reactive ketones (excluding diaryl/α,β-unsaturated/α-hetero) is 1. The van der Waals surface area contributed by atoms with Gasteiger partial charge in [-0.3, -0.25) is 9.59 Å². The normalized spacial score (nSPS) is 10.3. The minimum atomic E-state index is -0.310. The van der Waals surface area contributed by atoms with E-state index < -0.39 is 0 Å². The molecule has 1 amide bonds. The van der Waals surface area contributed by atoms with Crippen LogP contribution in [0.2, 0.25) is 5.02 Å². The summed E-state index contributed by atoms with van der Waals surface area (Å²) < 4.78 is 0. The quantitative estimate of drug-likeness (QED) is 0.603. The van der Waals surface area contributed by atoms with Gasteiger partial charge >= 0.3 is 0 Å². The SMILES string of the molecule is CC(=O)c1ccc(NC(=O)c2ccc(NCc3ccc(Cl)cc3)cn2)cc1. The van der Waals surface area contributed by atoms with Crippen molar-refractivity contribution in [3.8, 4) is 0 Å². The summed E-state index contributed by atoms with van der Waals surface area (Å²) in [5.41, 5.74) is 3.42. The highest BCUT2D eigenvalue weighted by Gasteiger charge is 2.08. The number of hydrogen-bond acceptors (Lipinski definition) is 4. The third kappa shape index (κ3) is 5.15. The van der Waals surface area contributed by atoms with Crippen LogP contribution in [0.3, 0.4) is 0 Å². The van der Waals surface area contributed by atoms with Crippen molar-refractivity contribution in [2.75, 3.05) is 10.6 Å². The summed E-state index contributed by atoms with van der Waals surface area (Å²) in [6, 6.07) is 17.8. The van der Waals surface area contributed by atoms with E-state index in [2.05, 4.69) is 15.6 Å². The summed E-state index contributed by atoms with van der Waals surface area (Å²) in [5, 5.41) is 6.71. The molecule has 0 saturated carbocycles. The molecule has 3 aromatic rings. The Balaban J connectivity index is 1.58. The van der Waals surface area contributed by atoms with Crippen LogP contribution in [0.4, 0.5) is 11.4 Å². The third-order valence-corrected chi connectivity index (χ3v) is 4.21. The lowest BCUT2D eigenvalue weighted by atomic mass is 10.1. The third-order valence-electron chi connectivity index (χ3n) is 3.96. The maximum Gasteiger partial charge on any atom is 0.274 e. The van der Waals surface area contributed by atoms with Gasteiger partial charge in [0.15, 0.2) is 5.78 Å². The van der Waals surface area contributed by atoms with E-state index in [9.17, 15) is 9.59 Å². The van der Waals surface area contributed by atoms with E-state index in [-0.39, 0.29) is 11.7 Å². The molecule has 1 heterocycles. The maximum absolute atomic E-state index is 12.3. The number of nitrogens with one attached hydrogen (secondary N) is 2.